The molecule has 0 aliphatic heterocycles. The molecule has 124 valence electrons. The molecule has 0 saturated carbocycles. The van der Waals surface area contributed by atoms with Gasteiger partial charge < -0.3 is 14.6 Å². The fourth-order valence-electron chi connectivity index (χ4n) is 1.93. The number of benzene rings is 1. The van der Waals surface area contributed by atoms with Crippen LogP contribution in [0, 0.1) is 0 Å². The second kappa shape index (κ2) is 9.00. The second-order valence-electron chi connectivity index (χ2n) is 5.12. The predicted octanol–water partition coefficient (Wildman–Crippen LogP) is 3.54. The molecule has 0 saturated heterocycles. The molecule has 1 atom stereocenters. The van der Waals surface area contributed by atoms with E-state index in [0.29, 0.717) is 31.3 Å². The van der Waals surface area contributed by atoms with Gasteiger partial charge in [0, 0.05) is 6.54 Å². The SMILES string of the molecule is CCCOc1c(Br)cc(CN(C)C(C)C(=O)O)cc1OCC. The highest BCUT2D eigenvalue weighted by molar-refractivity contribution is 9.10. The topological polar surface area (TPSA) is 59.0 Å². The van der Waals surface area contributed by atoms with Crippen molar-refractivity contribution in [1.82, 2.24) is 4.90 Å². The maximum atomic E-state index is 11.0. The highest BCUT2D eigenvalue weighted by Gasteiger charge is 2.18. The van der Waals surface area contributed by atoms with Crippen LogP contribution in [0.5, 0.6) is 11.5 Å². The maximum absolute atomic E-state index is 11.0. The summed E-state index contributed by atoms with van der Waals surface area (Å²) in [4.78, 5) is 12.8. The van der Waals surface area contributed by atoms with Crippen LogP contribution in [0.1, 0.15) is 32.8 Å². The molecule has 0 fully saturated rings. The van der Waals surface area contributed by atoms with Crippen molar-refractivity contribution in [3.8, 4) is 11.5 Å². The van der Waals surface area contributed by atoms with E-state index in [9.17, 15) is 4.79 Å². The predicted molar refractivity (Wildman–Crippen MR) is 89.7 cm³/mol. The summed E-state index contributed by atoms with van der Waals surface area (Å²) in [7, 11) is 1.79. The summed E-state index contributed by atoms with van der Waals surface area (Å²) < 4.78 is 12.2. The molecule has 1 rings (SSSR count). The summed E-state index contributed by atoms with van der Waals surface area (Å²) in [6.07, 6.45) is 0.915. The van der Waals surface area contributed by atoms with Gasteiger partial charge in [-0.25, -0.2) is 0 Å². The standard InChI is InChI=1S/C16H24BrNO4/c1-5-7-22-15-13(17)8-12(9-14(15)21-6-2)10-18(4)11(3)16(19)20/h8-9,11H,5-7,10H2,1-4H3,(H,19,20). The molecule has 0 spiro atoms. The molecule has 0 amide bonds. The van der Waals surface area contributed by atoms with Gasteiger partial charge in [0.15, 0.2) is 11.5 Å². The molecule has 5 nitrogen and oxygen atoms in total. The molecule has 1 aromatic rings. The summed E-state index contributed by atoms with van der Waals surface area (Å²) in [6.45, 7) is 7.31. The average Bonchev–Trinajstić information content (AvgIpc) is 2.45. The minimum atomic E-state index is -0.838. The smallest absolute Gasteiger partial charge is 0.320 e. The molecular formula is C16H24BrNO4. The Morgan fingerprint density at radius 1 is 1.36 bits per heavy atom. The van der Waals surface area contributed by atoms with Gasteiger partial charge in [0.25, 0.3) is 0 Å². The van der Waals surface area contributed by atoms with E-state index in [4.69, 9.17) is 14.6 Å². The zero-order valence-corrected chi connectivity index (χ0v) is 15.1. The van der Waals surface area contributed by atoms with Crippen LogP contribution >= 0.6 is 15.9 Å². The third kappa shape index (κ3) is 5.18. The number of ether oxygens (including phenoxy) is 2. The number of carboxylic acid groups (broad SMARTS) is 1. The lowest BCUT2D eigenvalue weighted by atomic mass is 10.1. The van der Waals surface area contributed by atoms with Crippen LogP contribution in [-0.2, 0) is 11.3 Å². The van der Waals surface area contributed by atoms with Crippen LogP contribution < -0.4 is 9.47 Å². The van der Waals surface area contributed by atoms with Gasteiger partial charge >= 0.3 is 5.97 Å². The third-order valence-electron chi connectivity index (χ3n) is 3.27. The van der Waals surface area contributed by atoms with E-state index in [2.05, 4.69) is 15.9 Å². The molecule has 1 aromatic carbocycles. The van der Waals surface area contributed by atoms with Crippen LogP contribution in [0.2, 0.25) is 0 Å². The average molecular weight is 374 g/mol. The Balaban J connectivity index is 2.99. The highest BCUT2D eigenvalue weighted by Crippen LogP contribution is 2.37. The molecule has 0 aromatic heterocycles. The second-order valence-corrected chi connectivity index (χ2v) is 5.97. The van der Waals surface area contributed by atoms with Crippen LogP contribution in [0.4, 0.5) is 0 Å². The number of halogens is 1. The Bertz CT molecular complexity index is 507. The van der Waals surface area contributed by atoms with Crippen LogP contribution in [0.3, 0.4) is 0 Å². The lowest BCUT2D eigenvalue weighted by Gasteiger charge is -2.22. The van der Waals surface area contributed by atoms with E-state index in [-0.39, 0.29) is 0 Å². The number of hydrogen-bond donors (Lipinski definition) is 1. The van der Waals surface area contributed by atoms with Gasteiger partial charge in [-0.3, -0.25) is 9.69 Å². The maximum Gasteiger partial charge on any atom is 0.320 e. The summed E-state index contributed by atoms with van der Waals surface area (Å²) in [6, 6.07) is 3.30. The number of nitrogens with zero attached hydrogens (tertiary/aromatic N) is 1. The fraction of sp³-hybridized carbons (Fsp3) is 0.562. The van der Waals surface area contributed by atoms with Crippen molar-refractivity contribution in [3.05, 3.63) is 22.2 Å². The van der Waals surface area contributed by atoms with Crippen LogP contribution in [0.25, 0.3) is 0 Å². The van der Waals surface area contributed by atoms with Crippen molar-refractivity contribution in [2.75, 3.05) is 20.3 Å². The molecule has 6 heteroatoms. The van der Waals surface area contributed by atoms with Crippen molar-refractivity contribution < 1.29 is 19.4 Å². The van der Waals surface area contributed by atoms with E-state index in [0.717, 1.165) is 16.5 Å². The van der Waals surface area contributed by atoms with E-state index >= 15 is 0 Å². The van der Waals surface area contributed by atoms with Crippen LogP contribution in [-0.4, -0.2) is 42.3 Å². The fourth-order valence-corrected chi connectivity index (χ4v) is 2.54. The minimum Gasteiger partial charge on any atom is -0.490 e. The molecule has 0 radical (unpaired) electrons. The Morgan fingerprint density at radius 2 is 2.05 bits per heavy atom. The Labute approximate surface area is 140 Å². The zero-order valence-electron chi connectivity index (χ0n) is 13.6. The molecular weight excluding hydrogens is 350 g/mol. The van der Waals surface area contributed by atoms with Gasteiger partial charge in [-0.05, 0) is 60.9 Å². The largest absolute Gasteiger partial charge is 0.490 e. The molecule has 0 heterocycles. The summed E-state index contributed by atoms with van der Waals surface area (Å²) in [5, 5.41) is 9.07. The minimum absolute atomic E-state index is 0.514. The first-order chi connectivity index (χ1) is 10.4. The van der Waals surface area contributed by atoms with Gasteiger partial charge in [-0.15, -0.1) is 0 Å². The van der Waals surface area contributed by atoms with E-state index in [1.165, 1.54) is 0 Å². The van der Waals surface area contributed by atoms with Gasteiger partial charge in [0.05, 0.1) is 17.7 Å². The first-order valence-electron chi connectivity index (χ1n) is 7.41. The summed E-state index contributed by atoms with van der Waals surface area (Å²) in [5.74, 6) is 0.535. The molecule has 22 heavy (non-hydrogen) atoms. The van der Waals surface area contributed by atoms with Crippen LogP contribution in [0.15, 0.2) is 16.6 Å². The lowest BCUT2D eigenvalue weighted by molar-refractivity contribution is -0.142. The molecule has 0 bridgehead atoms. The molecule has 0 aliphatic carbocycles. The van der Waals surface area contributed by atoms with Crippen molar-refractivity contribution in [2.24, 2.45) is 0 Å². The Morgan fingerprint density at radius 3 is 2.59 bits per heavy atom. The third-order valence-corrected chi connectivity index (χ3v) is 3.86. The van der Waals surface area contributed by atoms with Crippen molar-refractivity contribution >= 4 is 21.9 Å². The quantitative estimate of drug-likeness (QED) is 0.717. The van der Waals surface area contributed by atoms with Gasteiger partial charge in [0.2, 0.25) is 0 Å². The lowest BCUT2D eigenvalue weighted by Crippen LogP contribution is -2.35. The van der Waals surface area contributed by atoms with Gasteiger partial charge in [-0.1, -0.05) is 6.92 Å². The summed E-state index contributed by atoms with van der Waals surface area (Å²) >= 11 is 3.51. The molecule has 0 aliphatic rings. The number of hydrogen-bond acceptors (Lipinski definition) is 4. The van der Waals surface area contributed by atoms with Gasteiger partial charge in [0.1, 0.15) is 6.04 Å². The van der Waals surface area contributed by atoms with E-state index in [1.807, 2.05) is 26.0 Å². The first-order valence-corrected chi connectivity index (χ1v) is 8.21. The normalized spacial score (nSPS) is 12.3. The Kier molecular flexibility index (Phi) is 7.68. The number of carbonyl (C=O) groups is 1. The monoisotopic (exact) mass is 373 g/mol. The zero-order chi connectivity index (χ0) is 16.7. The number of rotatable bonds is 9. The number of aliphatic carboxylic acids is 1. The van der Waals surface area contributed by atoms with Crippen molar-refractivity contribution in [1.29, 1.82) is 0 Å². The molecule has 1 N–H and O–H groups in total. The molecule has 1 unspecified atom stereocenters. The van der Waals surface area contributed by atoms with E-state index < -0.39 is 12.0 Å². The van der Waals surface area contributed by atoms with Crippen molar-refractivity contribution in [2.45, 2.75) is 39.8 Å². The highest BCUT2D eigenvalue weighted by atomic mass is 79.9. The van der Waals surface area contributed by atoms with Gasteiger partial charge in [-0.2, -0.15) is 0 Å². The number of likely N-dealkylation sites (N-methyl/N-ethyl adjacent to an activating group) is 1. The summed E-state index contributed by atoms with van der Waals surface area (Å²) in [5.41, 5.74) is 0.967. The van der Waals surface area contributed by atoms with Crippen molar-refractivity contribution in [3.63, 3.8) is 0 Å². The Hall–Kier alpha value is -1.27. The number of carboxylic acids is 1. The first kappa shape index (κ1) is 18.8. The van der Waals surface area contributed by atoms with E-state index in [1.54, 1.807) is 18.9 Å².